The third-order valence-corrected chi connectivity index (χ3v) is 1.57. The summed E-state index contributed by atoms with van der Waals surface area (Å²) >= 11 is 5.54. The first-order valence-corrected chi connectivity index (χ1v) is 3.55. The molecule has 5 nitrogen and oxygen atoms in total. The lowest BCUT2D eigenvalue weighted by Crippen LogP contribution is -1.99. The van der Waals surface area contributed by atoms with Crippen LogP contribution in [0.2, 0.25) is 5.15 Å². The molecule has 12 heavy (non-hydrogen) atoms. The minimum atomic E-state index is -0.586. The van der Waals surface area contributed by atoms with Crippen molar-refractivity contribution in [2.24, 2.45) is 0 Å². The minimum absolute atomic E-state index is 0.106. The van der Waals surface area contributed by atoms with Crippen molar-refractivity contribution in [3.05, 3.63) is 26.8 Å². The van der Waals surface area contributed by atoms with Crippen molar-refractivity contribution in [3.8, 4) is 0 Å². The summed E-state index contributed by atoms with van der Waals surface area (Å²) in [5.74, 6) is 0.433. The molecular formula is C6H6ClN3O2. The third kappa shape index (κ3) is 1.50. The monoisotopic (exact) mass is 187 g/mol. The highest BCUT2D eigenvalue weighted by atomic mass is 35.5. The average molecular weight is 188 g/mol. The van der Waals surface area contributed by atoms with Crippen LogP contribution in [0.5, 0.6) is 0 Å². The maximum absolute atomic E-state index is 10.4. The third-order valence-electron chi connectivity index (χ3n) is 1.31. The van der Waals surface area contributed by atoms with E-state index in [1.807, 2.05) is 0 Å². The molecule has 0 aliphatic rings. The molecule has 0 aliphatic heterocycles. The zero-order valence-electron chi connectivity index (χ0n) is 6.54. The second-order valence-corrected chi connectivity index (χ2v) is 2.61. The quantitative estimate of drug-likeness (QED) is 0.381. The Morgan fingerprint density at radius 3 is 2.42 bits per heavy atom. The number of aryl methyl sites for hydroxylation is 2. The van der Waals surface area contributed by atoms with Crippen molar-refractivity contribution in [2.45, 2.75) is 13.8 Å². The van der Waals surface area contributed by atoms with Gasteiger partial charge in [-0.25, -0.2) is 9.97 Å². The number of rotatable bonds is 1. The van der Waals surface area contributed by atoms with E-state index in [4.69, 9.17) is 11.6 Å². The summed E-state index contributed by atoms with van der Waals surface area (Å²) in [6.07, 6.45) is 0. The van der Waals surface area contributed by atoms with Gasteiger partial charge in [-0.3, -0.25) is 10.1 Å². The summed E-state index contributed by atoms with van der Waals surface area (Å²) in [5, 5.41) is 10.3. The van der Waals surface area contributed by atoms with Crippen molar-refractivity contribution < 1.29 is 4.92 Å². The van der Waals surface area contributed by atoms with Crippen molar-refractivity contribution in [1.29, 1.82) is 0 Å². The van der Waals surface area contributed by atoms with Gasteiger partial charge in [0.15, 0.2) is 0 Å². The molecule has 1 heterocycles. The molecule has 0 atom stereocenters. The molecule has 0 aromatic carbocycles. The summed E-state index contributed by atoms with van der Waals surface area (Å²) in [7, 11) is 0. The highest BCUT2D eigenvalue weighted by Gasteiger charge is 2.18. The fraction of sp³-hybridized carbons (Fsp3) is 0.333. The maximum atomic E-state index is 10.4. The van der Waals surface area contributed by atoms with Crippen LogP contribution < -0.4 is 0 Å². The molecule has 0 fully saturated rings. The molecule has 6 heteroatoms. The predicted octanol–water partition coefficient (Wildman–Crippen LogP) is 1.66. The molecule has 0 spiro atoms. The molecule has 1 aromatic heterocycles. The Morgan fingerprint density at radius 1 is 1.42 bits per heavy atom. The fourth-order valence-electron chi connectivity index (χ4n) is 0.872. The van der Waals surface area contributed by atoms with Gasteiger partial charge in [0.1, 0.15) is 11.5 Å². The number of nitrogens with zero attached hydrogens (tertiary/aromatic N) is 3. The van der Waals surface area contributed by atoms with Gasteiger partial charge in [-0.15, -0.1) is 0 Å². The van der Waals surface area contributed by atoms with Gasteiger partial charge in [0.2, 0.25) is 5.15 Å². The smallest absolute Gasteiger partial charge is 0.258 e. The molecule has 0 radical (unpaired) electrons. The summed E-state index contributed by atoms with van der Waals surface area (Å²) < 4.78 is 0. The zero-order chi connectivity index (χ0) is 9.30. The predicted molar refractivity (Wildman–Crippen MR) is 43.2 cm³/mol. The van der Waals surface area contributed by atoms with Crippen LogP contribution in [0, 0.1) is 24.0 Å². The van der Waals surface area contributed by atoms with E-state index in [1.54, 1.807) is 6.92 Å². The van der Waals surface area contributed by atoms with Crippen molar-refractivity contribution in [2.75, 3.05) is 0 Å². The van der Waals surface area contributed by atoms with E-state index in [-0.39, 0.29) is 16.5 Å². The SMILES string of the molecule is Cc1nc(C)c([N+](=O)[O-])c(Cl)n1. The van der Waals surface area contributed by atoms with E-state index in [0.717, 1.165) is 0 Å². The summed E-state index contributed by atoms with van der Waals surface area (Å²) in [5.41, 5.74) is 0.0692. The minimum Gasteiger partial charge on any atom is -0.258 e. The van der Waals surface area contributed by atoms with E-state index in [2.05, 4.69) is 9.97 Å². The van der Waals surface area contributed by atoms with Gasteiger partial charge in [-0.2, -0.15) is 0 Å². The largest absolute Gasteiger partial charge is 0.327 e. The second kappa shape index (κ2) is 3.02. The van der Waals surface area contributed by atoms with E-state index < -0.39 is 4.92 Å². The molecule has 0 saturated heterocycles. The lowest BCUT2D eigenvalue weighted by atomic mass is 10.4. The summed E-state index contributed by atoms with van der Waals surface area (Å²) in [6.45, 7) is 3.15. The first-order valence-electron chi connectivity index (χ1n) is 3.17. The van der Waals surface area contributed by atoms with Gasteiger partial charge in [-0.1, -0.05) is 11.6 Å². The first kappa shape index (κ1) is 8.86. The van der Waals surface area contributed by atoms with Gasteiger partial charge < -0.3 is 0 Å². The number of aromatic nitrogens is 2. The van der Waals surface area contributed by atoms with Gasteiger partial charge >= 0.3 is 5.69 Å². The normalized spacial score (nSPS) is 9.92. The van der Waals surface area contributed by atoms with Crippen LogP contribution in [0.1, 0.15) is 11.5 Å². The molecule has 1 rings (SSSR count). The Hall–Kier alpha value is -1.23. The Balaban J connectivity index is 3.38. The van der Waals surface area contributed by atoms with E-state index in [9.17, 15) is 10.1 Å². The molecule has 0 saturated carbocycles. The lowest BCUT2D eigenvalue weighted by Gasteiger charge is -1.98. The van der Waals surface area contributed by atoms with Crippen LogP contribution in [0.15, 0.2) is 0 Å². The Bertz CT molecular complexity index is 317. The molecule has 0 bridgehead atoms. The van der Waals surface area contributed by atoms with Crippen LogP contribution in [-0.2, 0) is 0 Å². The summed E-state index contributed by atoms with van der Waals surface area (Å²) in [4.78, 5) is 17.3. The first-order chi connectivity index (χ1) is 5.52. The Morgan fingerprint density at radius 2 is 2.00 bits per heavy atom. The standard InChI is InChI=1S/C6H6ClN3O2/c1-3-5(10(11)12)6(7)9-4(2)8-3/h1-2H3. The topological polar surface area (TPSA) is 68.9 Å². The molecular weight excluding hydrogens is 182 g/mol. The van der Waals surface area contributed by atoms with Crippen LogP contribution in [0.3, 0.4) is 0 Å². The molecule has 0 unspecified atom stereocenters. The van der Waals surface area contributed by atoms with Crippen LogP contribution in [0.25, 0.3) is 0 Å². The average Bonchev–Trinajstić information content (AvgIpc) is 1.82. The lowest BCUT2D eigenvalue weighted by molar-refractivity contribution is -0.385. The van der Waals surface area contributed by atoms with Crippen molar-refractivity contribution in [3.63, 3.8) is 0 Å². The highest BCUT2D eigenvalue weighted by Crippen LogP contribution is 2.23. The second-order valence-electron chi connectivity index (χ2n) is 2.25. The van der Waals surface area contributed by atoms with Crippen LogP contribution >= 0.6 is 11.6 Å². The maximum Gasteiger partial charge on any atom is 0.327 e. The van der Waals surface area contributed by atoms with E-state index in [1.165, 1.54) is 6.92 Å². The summed E-state index contributed by atoms with van der Waals surface area (Å²) in [6, 6.07) is 0. The van der Waals surface area contributed by atoms with Gasteiger partial charge in [-0.05, 0) is 13.8 Å². The van der Waals surface area contributed by atoms with Crippen LogP contribution in [-0.4, -0.2) is 14.9 Å². The molecule has 64 valence electrons. The number of hydrogen-bond donors (Lipinski definition) is 0. The fourth-order valence-corrected chi connectivity index (χ4v) is 1.20. The van der Waals surface area contributed by atoms with Crippen molar-refractivity contribution in [1.82, 2.24) is 9.97 Å². The molecule has 0 aliphatic carbocycles. The number of hydrogen-bond acceptors (Lipinski definition) is 4. The molecule has 0 N–H and O–H groups in total. The zero-order valence-corrected chi connectivity index (χ0v) is 7.29. The van der Waals surface area contributed by atoms with E-state index in [0.29, 0.717) is 5.82 Å². The van der Waals surface area contributed by atoms with Gasteiger partial charge in [0, 0.05) is 0 Å². The van der Waals surface area contributed by atoms with Crippen molar-refractivity contribution >= 4 is 17.3 Å². The van der Waals surface area contributed by atoms with Gasteiger partial charge in [0.05, 0.1) is 4.92 Å². The number of halogens is 1. The Kier molecular flexibility index (Phi) is 2.23. The van der Waals surface area contributed by atoms with Gasteiger partial charge in [0.25, 0.3) is 0 Å². The highest BCUT2D eigenvalue weighted by molar-refractivity contribution is 6.31. The van der Waals surface area contributed by atoms with E-state index >= 15 is 0 Å². The van der Waals surface area contributed by atoms with Crippen LogP contribution in [0.4, 0.5) is 5.69 Å². The molecule has 1 aromatic rings. The Labute approximate surface area is 73.6 Å². The molecule has 0 amide bonds. The number of nitro groups is 1.